The van der Waals surface area contributed by atoms with Crippen molar-refractivity contribution in [1.82, 2.24) is 5.32 Å². The van der Waals surface area contributed by atoms with Gasteiger partial charge in [-0.05, 0) is 44.0 Å². The smallest absolute Gasteiger partial charge is 0.241 e. The molecule has 3 N–H and O–H groups in total. The lowest BCUT2D eigenvalue weighted by atomic mass is 10.1. The molecule has 0 spiro atoms. The minimum atomic E-state index is -0.669. The molecule has 0 fully saturated rings. The first-order valence-corrected chi connectivity index (χ1v) is 7.77. The molecule has 0 bridgehead atoms. The van der Waals surface area contributed by atoms with Crippen LogP contribution in [0.25, 0.3) is 0 Å². The topological polar surface area (TPSA) is 64.4 Å². The van der Waals surface area contributed by atoms with Crippen LogP contribution in [0.1, 0.15) is 29.7 Å². The molecule has 0 aliphatic rings. The van der Waals surface area contributed by atoms with Crippen LogP contribution in [0.15, 0.2) is 48.5 Å². The highest BCUT2D eigenvalue weighted by Gasteiger charge is 2.17. The monoisotopic (exact) mass is 312 g/mol. The Hall–Kier alpha value is -2.33. The predicted molar refractivity (Wildman–Crippen MR) is 92.4 cm³/mol. The van der Waals surface area contributed by atoms with E-state index in [1.54, 1.807) is 0 Å². The molecule has 1 amide bonds. The summed E-state index contributed by atoms with van der Waals surface area (Å²) in [6.45, 7) is 6.31. The SMILES string of the molecule is Cc1ccc(C(N)C(=O)NC(C)COc2cccc(C)c2)cc1. The van der Waals surface area contributed by atoms with Gasteiger partial charge in [-0.3, -0.25) is 4.79 Å². The van der Waals surface area contributed by atoms with Crippen molar-refractivity contribution in [2.75, 3.05) is 6.61 Å². The number of carbonyl (C=O) groups excluding carboxylic acids is 1. The number of ether oxygens (including phenoxy) is 1. The molecular formula is C19H24N2O2. The minimum absolute atomic E-state index is 0.125. The van der Waals surface area contributed by atoms with Crippen molar-refractivity contribution in [2.45, 2.75) is 32.9 Å². The summed E-state index contributed by atoms with van der Waals surface area (Å²) in [4.78, 5) is 12.2. The van der Waals surface area contributed by atoms with E-state index in [0.717, 1.165) is 22.4 Å². The Morgan fingerprint density at radius 3 is 2.48 bits per heavy atom. The van der Waals surface area contributed by atoms with E-state index in [-0.39, 0.29) is 11.9 Å². The lowest BCUT2D eigenvalue weighted by Gasteiger charge is -2.18. The molecule has 0 aliphatic carbocycles. The number of nitrogens with two attached hydrogens (primary N) is 1. The number of benzene rings is 2. The summed E-state index contributed by atoms with van der Waals surface area (Å²) >= 11 is 0. The van der Waals surface area contributed by atoms with E-state index >= 15 is 0 Å². The zero-order valence-electron chi connectivity index (χ0n) is 13.9. The highest BCUT2D eigenvalue weighted by atomic mass is 16.5. The van der Waals surface area contributed by atoms with Crippen LogP contribution in [0.5, 0.6) is 5.75 Å². The maximum absolute atomic E-state index is 12.2. The van der Waals surface area contributed by atoms with Gasteiger partial charge in [0.25, 0.3) is 0 Å². The van der Waals surface area contributed by atoms with Gasteiger partial charge in [-0.2, -0.15) is 0 Å². The lowest BCUT2D eigenvalue weighted by molar-refractivity contribution is -0.123. The van der Waals surface area contributed by atoms with Crippen LogP contribution < -0.4 is 15.8 Å². The zero-order valence-corrected chi connectivity index (χ0v) is 13.9. The van der Waals surface area contributed by atoms with Crippen molar-refractivity contribution in [1.29, 1.82) is 0 Å². The van der Waals surface area contributed by atoms with E-state index in [9.17, 15) is 4.79 Å². The molecule has 0 aromatic heterocycles. The average molecular weight is 312 g/mol. The molecule has 4 nitrogen and oxygen atoms in total. The van der Waals surface area contributed by atoms with Crippen LogP contribution in [0.3, 0.4) is 0 Å². The number of hydrogen-bond acceptors (Lipinski definition) is 3. The second-order valence-electron chi connectivity index (χ2n) is 5.93. The number of nitrogens with one attached hydrogen (secondary N) is 1. The molecule has 122 valence electrons. The van der Waals surface area contributed by atoms with Crippen LogP contribution >= 0.6 is 0 Å². The largest absolute Gasteiger partial charge is 0.491 e. The fourth-order valence-corrected chi connectivity index (χ4v) is 2.23. The molecule has 2 unspecified atom stereocenters. The average Bonchev–Trinajstić information content (AvgIpc) is 2.53. The predicted octanol–water partition coefficient (Wildman–Crippen LogP) is 2.89. The summed E-state index contributed by atoms with van der Waals surface area (Å²) < 4.78 is 5.70. The van der Waals surface area contributed by atoms with Crippen molar-refractivity contribution in [3.8, 4) is 5.75 Å². The van der Waals surface area contributed by atoms with E-state index in [2.05, 4.69) is 5.32 Å². The number of aryl methyl sites for hydroxylation is 2. The van der Waals surface area contributed by atoms with Gasteiger partial charge in [-0.25, -0.2) is 0 Å². The van der Waals surface area contributed by atoms with Gasteiger partial charge in [0.15, 0.2) is 0 Å². The lowest BCUT2D eigenvalue weighted by Crippen LogP contribution is -2.42. The van der Waals surface area contributed by atoms with Crippen LogP contribution in [0.4, 0.5) is 0 Å². The van der Waals surface area contributed by atoms with E-state index in [0.29, 0.717) is 6.61 Å². The molecule has 2 aromatic rings. The maximum Gasteiger partial charge on any atom is 0.241 e. The van der Waals surface area contributed by atoms with Crippen molar-refractivity contribution in [2.24, 2.45) is 5.73 Å². The number of amides is 1. The van der Waals surface area contributed by atoms with Gasteiger partial charge in [-0.1, -0.05) is 42.0 Å². The molecule has 4 heteroatoms. The second-order valence-corrected chi connectivity index (χ2v) is 5.93. The van der Waals surface area contributed by atoms with E-state index in [1.807, 2.05) is 69.3 Å². The Morgan fingerprint density at radius 1 is 1.13 bits per heavy atom. The van der Waals surface area contributed by atoms with Gasteiger partial charge in [0.05, 0.1) is 6.04 Å². The molecule has 0 heterocycles. The molecule has 2 atom stereocenters. The van der Waals surface area contributed by atoms with Gasteiger partial charge in [-0.15, -0.1) is 0 Å². The van der Waals surface area contributed by atoms with Crippen molar-refractivity contribution < 1.29 is 9.53 Å². The highest BCUT2D eigenvalue weighted by molar-refractivity contribution is 5.83. The fourth-order valence-electron chi connectivity index (χ4n) is 2.23. The third kappa shape index (κ3) is 5.11. The van der Waals surface area contributed by atoms with E-state index in [1.165, 1.54) is 0 Å². The summed E-state index contributed by atoms with van der Waals surface area (Å²) in [6, 6.07) is 14.7. The maximum atomic E-state index is 12.2. The molecule has 23 heavy (non-hydrogen) atoms. The van der Waals surface area contributed by atoms with Crippen molar-refractivity contribution in [3.63, 3.8) is 0 Å². The zero-order chi connectivity index (χ0) is 16.8. The molecule has 0 saturated carbocycles. The molecule has 2 rings (SSSR count). The van der Waals surface area contributed by atoms with Gasteiger partial charge < -0.3 is 15.8 Å². The summed E-state index contributed by atoms with van der Waals surface area (Å²) in [6.07, 6.45) is 0. The molecule has 0 aliphatic heterocycles. The molecule has 0 saturated heterocycles. The van der Waals surface area contributed by atoms with Crippen LogP contribution in [0, 0.1) is 13.8 Å². The summed E-state index contributed by atoms with van der Waals surface area (Å²) in [7, 11) is 0. The normalized spacial score (nSPS) is 13.2. The van der Waals surface area contributed by atoms with E-state index < -0.39 is 6.04 Å². The number of carbonyl (C=O) groups is 1. The standard InChI is InChI=1S/C19H24N2O2/c1-13-7-9-16(10-8-13)18(20)19(22)21-15(3)12-23-17-6-4-5-14(2)11-17/h4-11,15,18H,12,20H2,1-3H3,(H,21,22). The first kappa shape index (κ1) is 17.0. The Labute approximate surface area is 137 Å². The van der Waals surface area contributed by atoms with Crippen LogP contribution in [-0.2, 0) is 4.79 Å². The van der Waals surface area contributed by atoms with Crippen molar-refractivity contribution >= 4 is 5.91 Å². The fraction of sp³-hybridized carbons (Fsp3) is 0.316. The van der Waals surface area contributed by atoms with E-state index in [4.69, 9.17) is 10.5 Å². The van der Waals surface area contributed by atoms with Crippen molar-refractivity contribution in [3.05, 3.63) is 65.2 Å². The second kappa shape index (κ2) is 7.79. The van der Waals surface area contributed by atoms with Gasteiger partial charge in [0.1, 0.15) is 18.4 Å². The number of hydrogen-bond donors (Lipinski definition) is 2. The summed E-state index contributed by atoms with van der Waals surface area (Å²) in [5.41, 5.74) is 9.10. The Balaban J connectivity index is 1.85. The Morgan fingerprint density at radius 2 is 1.83 bits per heavy atom. The summed E-state index contributed by atoms with van der Waals surface area (Å²) in [5, 5.41) is 2.89. The first-order valence-electron chi connectivity index (χ1n) is 7.77. The molecular weight excluding hydrogens is 288 g/mol. The van der Waals surface area contributed by atoms with Crippen LogP contribution in [0.2, 0.25) is 0 Å². The third-order valence-electron chi connectivity index (χ3n) is 3.60. The third-order valence-corrected chi connectivity index (χ3v) is 3.60. The number of rotatable bonds is 6. The van der Waals surface area contributed by atoms with Gasteiger partial charge in [0, 0.05) is 0 Å². The molecule has 2 aromatic carbocycles. The first-order chi connectivity index (χ1) is 11.0. The summed E-state index contributed by atoms with van der Waals surface area (Å²) in [5.74, 6) is 0.600. The molecule has 0 radical (unpaired) electrons. The quantitative estimate of drug-likeness (QED) is 0.862. The Bertz CT molecular complexity index is 653. The Kier molecular flexibility index (Phi) is 5.77. The van der Waals surface area contributed by atoms with Gasteiger partial charge in [0.2, 0.25) is 5.91 Å². The van der Waals surface area contributed by atoms with Crippen LogP contribution in [-0.4, -0.2) is 18.6 Å². The minimum Gasteiger partial charge on any atom is -0.491 e. The van der Waals surface area contributed by atoms with Gasteiger partial charge >= 0.3 is 0 Å². The highest BCUT2D eigenvalue weighted by Crippen LogP contribution is 2.14.